The summed E-state index contributed by atoms with van der Waals surface area (Å²) < 4.78 is 0. The highest BCUT2D eigenvalue weighted by molar-refractivity contribution is 7.09. The molecule has 0 amide bonds. The molecule has 1 N–H and O–H groups in total. The summed E-state index contributed by atoms with van der Waals surface area (Å²) in [6.45, 7) is 0.861. The van der Waals surface area contributed by atoms with Gasteiger partial charge in [-0.05, 0) is 26.3 Å². The Hall–Kier alpha value is -0.450. The number of hydrogen-bond acceptors (Lipinski definition) is 4. The molecular weight excluding hydrogens is 196 g/mol. The van der Waals surface area contributed by atoms with Gasteiger partial charge in [0.15, 0.2) is 0 Å². The summed E-state index contributed by atoms with van der Waals surface area (Å²) in [5, 5.41) is 12.9. The fraction of sp³-hybridized carbons (Fsp3) is 0.700. The first-order valence-corrected chi connectivity index (χ1v) is 5.92. The van der Waals surface area contributed by atoms with E-state index in [2.05, 4.69) is 16.9 Å². The highest BCUT2D eigenvalue weighted by Gasteiger charge is 2.28. The second kappa shape index (κ2) is 4.38. The van der Waals surface area contributed by atoms with Crippen molar-refractivity contribution in [3.05, 3.63) is 16.6 Å². The second-order valence-corrected chi connectivity index (χ2v) is 4.89. The standard InChI is InChI=1S/C10H16N2OS/c1-12(7-10-11-5-6-14-10)8-3-2-4-9(8)13/h5-6,8-9,13H,2-4,7H2,1H3/t8-,9-/m1/s1. The van der Waals surface area contributed by atoms with Crippen LogP contribution in [-0.4, -0.2) is 34.2 Å². The molecule has 0 radical (unpaired) electrons. The third kappa shape index (κ3) is 2.13. The van der Waals surface area contributed by atoms with Gasteiger partial charge in [-0.3, -0.25) is 4.90 Å². The van der Waals surface area contributed by atoms with E-state index in [0.29, 0.717) is 6.04 Å². The summed E-state index contributed by atoms with van der Waals surface area (Å²) in [6.07, 6.45) is 4.91. The number of hydrogen-bond donors (Lipinski definition) is 1. The molecule has 1 aliphatic carbocycles. The number of aliphatic hydroxyl groups excluding tert-OH is 1. The average Bonchev–Trinajstić information content (AvgIpc) is 2.75. The molecule has 14 heavy (non-hydrogen) atoms. The van der Waals surface area contributed by atoms with E-state index in [1.807, 2.05) is 11.6 Å². The Morgan fingerprint density at radius 2 is 2.50 bits per heavy atom. The van der Waals surface area contributed by atoms with Crippen LogP contribution in [0, 0.1) is 0 Å². The molecule has 2 rings (SSSR count). The van der Waals surface area contributed by atoms with Crippen molar-refractivity contribution in [2.45, 2.75) is 38.0 Å². The van der Waals surface area contributed by atoms with Crippen molar-refractivity contribution in [1.82, 2.24) is 9.88 Å². The fourth-order valence-corrected chi connectivity index (χ4v) is 2.78. The predicted molar refractivity (Wildman–Crippen MR) is 57.2 cm³/mol. The highest BCUT2D eigenvalue weighted by Crippen LogP contribution is 2.24. The van der Waals surface area contributed by atoms with E-state index in [9.17, 15) is 5.11 Å². The van der Waals surface area contributed by atoms with Gasteiger partial charge in [-0.1, -0.05) is 0 Å². The van der Waals surface area contributed by atoms with Crippen LogP contribution in [0.5, 0.6) is 0 Å². The van der Waals surface area contributed by atoms with Crippen molar-refractivity contribution < 1.29 is 5.11 Å². The maximum atomic E-state index is 9.73. The van der Waals surface area contributed by atoms with Crippen molar-refractivity contribution >= 4 is 11.3 Å². The van der Waals surface area contributed by atoms with Crippen LogP contribution in [0.25, 0.3) is 0 Å². The van der Waals surface area contributed by atoms with E-state index in [1.54, 1.807) is 11.3 Å². The molecule has 78 valence electrons. The van der Waals surface area contributed by atoms with Gasteiger partial charge in [0.05, 0.1) is 12.6 Å². The SMILES string of the molecule is CN(Cc1nccs1)[C@@H]1CCC[C@H]1O. The molecule has 0 unspecified atom stereocenters. The number of thiazole rings is 1. The van der Waals surface area contributed by atoms with Crippen LogP contribution in [0.4, 0.5) is 0 Å². The molecule has 1 saturated carbocycles. The van der Waals surface area contributed by atoms with Crippen molar-refractivity contribution in [3.8, 4) is 0 Å². The van der Waals surface area contributed by atoms with Crippen molar-refractivity contribution in [2.24, 2.45) is 0 Å². The molecule has 1 aromatic rings. The molecule has 1 aromatic heterocycles. The number of aromatic nitrogens is 1. The monoisotopic (exact) mass is 212 g/mol. The molecule has 1 aliphatic rings. The zero-order valence-corrected chi connectivity index (χ0v) is 9.20. The first kappa shape index (κ1) is 10.1. The summed E-state index contributed by atoms with van der Waals surface area (Å²) in [7, 11) is 2.07. The van der Waals surface area contributed by atoms with Crippen molar-refractivity contribution in [2.75, 3.05) is 7.05 Å². The Bertz CT molecular complexity index is 276. The zero-order chi connectivity index (χ0) is 9.97. The number of rotatable bonds is 3. The Morgan fingerprint density at radius 3 is 3.07 bits per heavy atom. The third-order valence-corrected chi connectivity index (χ3v) is 3.64. The summed E-state index contributed by atoms with van der Waals surface area (Å²) >= 11 is 1.68. The minimum absolute atomic E-state index is 0.139. The van der Waals surface area contributed by atoms with E-state index in [0.717, 1.165) is 30.8 Å². The Morgan fingerprint density at radius 1 is 1.64 bits per heavy atom. The van der Waals surface area contributed by atoms with Crippen LogP contribution in [-0.2, 0) is 6.54 Å². The van der Waals surface area contributed by atoms with Gasteiger partial charge < -0.3 is 5.11 Å². The second-order valence-electron chi connectivity index (χ2n) is 3.91. The maximum Gasteiger partial charge on any atom is 0.107 e. The van der Waals surface area contributed by atoms with Crippen LogP contribution in [0.1, 0.15) is 24.3 Å². The van der Waals surface area contributed by atoms with E-state index in [1.165, 1.54) is 0 Å². The zero-order valence-electron chi connectivity index (χ0n) is 8.39. The van der Waals surface area contributed by atoms with Gasteiger partial charge >= 0.3 is 0 Å². The first-order chi connectivity index (χ1) is 6.77. The third-order valence-electron chi connectivity index (χ3n) is 2.88. The summed E-state index contributed by atoms with van der Waals surface area (Å²) in [4.78, 5) is 6.47. The average molecular weight is 212 g/mol. The number of nitrogens with zero attached hydrogens (tertiary/aromatic N) is 2. The number of likely N-dealkylation sites (N-methyl/N-ethyl adjacent to an activating group) is 1. The van der Waals surface area contributed by atoms with Gasteiger partial charge in [0, 0.05) is 17.6 Å². The lowest BCUT2D eigenvalue weighted by Crippen LogP contribution is -2.36. The molecule has 0 aliphatic heterocycles. The molecule has 3 nitrogen and oxygen atoms in total. The predicted octanol–water partition coefficient (Wildman–Crippen LogP) is 1.49. The quantitative estimate of drug-likeness (QED) is 0.824. The summed E-state index contributed by atoms with van der Waals surface area (Å²) in [5.41, 5.74) is 0. The minimum atomic E-state index is -0.139. The van der Waals surface area contributed by atoms with E-state index < -0.39 is 0 Å². The number of aliphatic hydroxyl groups is 1. The van der Waals surface area contributed by atoms with Gasteiger partial charge in [-0.25, -0.2) is 4.98 Å². The lowest BCUT2D eigenvalue weighted by Gasteiger charge is -2.25. The van der Waals surface area contributed by atoms with Crippen LogP contribution >= 0.6 is 11.3 Å². The largest absolute Gasteiger partial charge is 0.391 e. The highest BCUT2D eigenvalue weighted by atomic mass is 32.1. The Labute approximate surface area is 88.4 Å². The Balaban J connectivity index is 1.92. The maximum absolute atomic E-state index is 9.73. The normalized spacial score (nSPS) is 27.4. The minimum Gasteiger partial charge on any atom is -0.391 e. The smallest absolute Gasteiger partial charge is 0.107 e. The van der Waals surface area contributed by atoms with E-state index >= 15 is 0 Å². The van der Waals surface area contributed by atoms with Gasteiger partial charge in [-0.2, -0.15) is 0 Å². The lowest BCUT2D eigenvalue weighted by molar-refractivity contribution is 0.0824. The van der Waals surface area contributed by atoms with Crippen molar-refractivity contribution in [3.63, 3.8) is 0 Å². The Kier molecular flexibility index (Phi) is 3.15. The van der Waals surface area contributed by atoms with Gasteiger partial charge in [-0.15, -0.1) is 11.3 Å². The summed E-state index contributed by atoms with van der Waals surface area (Å²) in [6, 6.07) is 0.332. The first-order valence-electron chi connectivity index (χ1n) is 5.04. The van der Waals surface area contributed by atoms with Crippen LogP contribution < -0.4 is 0 Å². The molecule has 1 heterocycles. The molecule has 0 aromatic carbocycles. The topological polar surface area (TPSA) is 36.4 Å². The van der Waals surface area contributed by atoms with Crippen LogP contribution in [0.3, 0.4) is 0 Å². The molecular formula is C10H16N2OS. The van der Waals surface area contributed by atoms with Gasteiger partial charge in [0.25, 0.3) is 0 Å². The van der Waals surface area contributed by atoms with Crippen LogP contribution in [0.2, 0.25) is 0 Å². The van der Waals surface area contributed by atoms with Gasteiger partial charge in [0.2, 0.25) is 0 Å². The molecule has 0 bridgehead atoms. The van der Waals surface area contributed by atoms with Crippen molar-refractivity contribution in [1.29, 1.82) is 0 Å². The van der Waals surface area contributed by atoms with Gasteiger partial charge in [0.1, 0.15) is 5.01 Å². The molecule has 2 atom stereocenters. The van der Waals surface area contributed by atoms with E-state index in [4.69, 9.17) is 0 Å². The summed E-state index contributed by atoms with van der Waals surface area (Å²) in [5.74, 6) is 0. The fourth-order valence-electron chi connectivity index (χ4n) is 2.10. The van der Waals surface area contributed by atoms with E-state index in [-0.39, 0.29) is 6.10 Å². The molecule has 1 fully saturated rings. The lowest BCUT2D eigenvalue weighted by atomic mass is 10.2. The molecule has 0 saturated heterocycles. The molecule has 4 heteroatoms. The molecule has 0 spiro atoms. The van der Waals surface area contributed by atoms with Crippen LogP contribution in [0.15, 0.2) is 11.6 Å².